The monoisotopic (exact) mass is 424 g/mol. The number of carbonyl (C=O) groups is 2. The highest BCUT2D eigenvalue weighted by molar-refractivity contribution is 6.35. The fourth-order valence-electron chi connectivity index (χ4n) is 2.53. The number of anilines is 2. The lowest BCUT2D eigenvalue weighted by atomic mass is 10.2. The molecule has 3 rings (SSSR count). The summed E-state index contributed by atoms with van der Waals surface area (Å²) in [4.78, 5) is 23.8. The van der Waals surface area contributed by atoms with E-state index in [1.807, 2.05) is 30.3 Å². The second-order valence-corrected chi connectivity index (χ2v) is 6.64. The number of hydrogen-bond acceptors (Lipinski definition) is 4. The Morgan fingerprint density at radius 1 is 0.933 bits per heavy atom. The van der Waals surface area contributed by atoms with Gasteiger partial charge in [0.2, 0.25) is 0 Å². The van der Waals surface area contributed by atoms with Crippen molar-refractivity contribution in [3.63, 3.8) is 0 Å². The number of para-hydroxylation sites is 1. The van der Waals surface area contributed by atoms with Crippen LogP contribution in [-0.4, -0.2) is 18.0 Å². The molecule has 6 nitrogen and oxygen atoms in total. The zero-order valence-electron chi connectivity index (χ0n) is 15.7. The molecule has 0 atom stereocenters. The smallest absolute Gasteiger partial charge is 0.329 e. The molecule has 3 N–H and O–H groups in total. The van der Waals surface area contributed by atoms with Crippen LogP contribution in [0.1, 0.15) is 11.1 Å². The molecule has 0 aliphatic rings. The molecule has 8 heteroatoms. The summed E-state index contributed by atoms with van der Waals surface area (Å²) < 4.78 is 13.9. The maximum atomic E-state index is 13.9. The van der Waals surface area contributed by atoms with Gasteiger partial charge in [-0.1, -0.05) is 54.1 Å². The molecular weight excluding hydrogens is 407 g/mol. The Morgan fingerprint density at radius 3 is 2.43 bits per heavy atom. The zero-order valence-corrected chi connectivity index (χ0v) is 16.5. The average molecular weight is 425 g/mol. The highest BCUT2D eigenvalue weighted by Gasteiger charge is 2.12. The molecule has 0 saturated heterocycles. The minimum absolute atomic E-state index is 0.224. The quantitative estimate of drug-likeness (QED) is 0.318. The second kappa shape index (κ2) is 10.2. The van der Waals surface area contributed by atoms with Gasteiger partial charge in [0, 0.05) is 22.8 Å². The Morgan fingerprint density at radius 2 is 1.67 bits per heavy atom. The third kappa shape index (κ3) is 5.89. The highest BCUT2D eigenvalue weighted by Crippen LogP contribution is 2.24. The molecule has 0 aliphatic heterocycles. The second-order valence-electron chi connectivity index (χ2n) is 6.20. The van der Waals surface area contributed by atoms with Crippen molar-refractivity contribution in [1.82, 2.24) is 10.7 Å². The maximum Gasteiger partial charge on any atom is 0.329 e. The lowest BCUT2D eigenvalue weighted by Crippen LogP contribution is -2.37. The van der Waals surface area contributed by atoms with E-state index in [0.717, 1.165) is 5.56 Å². The van der Waals surface area contributed by atoms with Crippen molar-refractivity contribution >= 4 is 41.0 Å². The van der Waals surface area contributed by atoms with E-state index in [2.05, 4.69) is 21.2 Å². The van der Waals surface area contributed by atoms with Crippen LogP contribution in [0, 0.1) is 5.82 Å². The lowest BCUT2D eigenvalue weighted by Gasteiger charge is -2.10. The summed E-state index contributed by atoms with van der Waals surface area (Å²) in [6, 6.07) is 20.3. The van der Waals surface area contributed by atoms with Gasteiger partial charge in [0.25, 0.3) is 0 Å². The predicted molar refractivity (Wildman–Crippen MR) is 115 cm³/mol. The number of benzene rings is 3. The van der Waals surface area contributed by atoms with Crippen LogP contribution in [0.5, 0.6) is 0 Å². The topological polar surface area (TPSA) is 82.6 Å². The molecule has 0 heterocycles. The molecule has 0 aromatic heterocycles. The average Bonchev–Trinajstić information content (AvgIpc) is 2.76. The van der Waals surface area contributed by atoms with E-state index in [-0.39, 0.29) is 12.2 Å². The third-order valence-corrected chi connectivity index (χ3v) is 4.26. The molecule has 0 bridgehead atoms. The van der Waals surface area contributed by atoms with Crippen LogP contribution in [0.4, 0.5) is 15.8 Å². The minimum Gasteiger partial charge on any atom is -0.353 e. The van der Waals surface area contributed by atoms with Gasteiger partial charge in [0.05, 0.1) is 11.9 Å². The minimum atomic E-state index is -0.909. The van der Waals surface area contributed by atoms with Gasteiger partial charge in [-0.15, -0.1) is 0 Å². The lowest BCUT2D eigenvalue weighted by molar-refractivity contribution is -0.139. The SMILES string of the molecule is O=C(NCc1ccccc1)C(=O)N/N=C\c1cc(Cl)ccc1Nc1ccccc1F. The van der Waals surface area contributed by atoms with Crippen LogP contribution < -0.4 is 16.1 Å². The number of nitrogens with one attached hydrogen (secondary N) is 3. The molecule has 0 fully saturated rings. The number of hydrogen-bond donors (Lipinski definition) is 3. The van der Waals surface area contributed by atoms with Crippen molar-refractivity contribution in [2.75, 3.05) is 5.32 Å². The Hall–Kier alpha value is -3.71. The van der Waals surface area contributed by atoms with Crippen molar-refractivity contribution < 1.29 is 14.0 Å². The predicted octanol–water partition coefficient (Wildman–Crippen LogP) is 3.99. The molecule has 2 amide bonds. The Balaban J connectivity index is 1.62. The first-order valence-electron chi connectivity index (χ1n) is 8.99. The van der Waals surface area contributed by atoms with Crippen LogP contribution >= 0.6 is 11.6 Å². The van der Waals surface area contributed by atoms with Crippen LogP contribution in [0.15, 0.2) is 77.9 Å². The molecular formula is C22H18ClFN4O2. The van der Waals surface area contributed by atoms with Crippen LogP contribution in [0.25, 0.3) is 0 Å². The van der Waals surface area contributed by atoms with Gasteiger partial charge in [-0.3, -0.25) is 9.59 Å². The number of hydrazone groups is 1. The van der Waals surface area contributed by atoms with Gasteiger partial charge in [0.15, 0.2) is 0 Å². The van der Waals surface area contributed by atoms with Gasteiger partial charge in [-0.25, -0.2) is 9.82 Å². The Labute approximate surface area is 177 Å². The van der Waals surface area contributed by atoms with Gasteiger partial charge in [-0.05, 0) is 35.9 Å². The summed E-state index contributed by atoms with van der Waals surface area (Å²) in [5.41, 5.74) is 4.33. The summed E-state index contributed by atoms with van der Waals surface area (Å²) in [7, 11) is 0. The first kappa shape index (κ1) is 21.0. The molecule has 0 radical (unpaired) electrons. The summed E-state index contributed by atoms with van der Waals surface area (Å²) in [6.45, 7) is 0.224. The van der Waals surface area contributed by atoms with E-state index in [9.17, 15) is 14.0 Å². The normalized spacial score (nSPS) is 10.6. The Bertz CT molecular complexity index is 1070. The van der Waals surface area contributed by atoms with Crippen molar-refractivity contribution in [1.29, 1.82) is 0 Å². The van der Waals surface area contributed by atoms with Gasteiger partial charge in [-0.2, -0.15) is 5.10 Å². The number of carbonyl (C=O) groups excluding carboxylic acids is 2. The van der Waals surface area contributed by atoms with E-state index in [1.165, 1.54) is 12.3 Å². The van der Waals surface area contributed by atoms with E-state index in [0.29, 0.717) is 16.3 Å². The molecule has 152 valence electrons. The van der Waals surface area contributed by atoms with E-state index >= 15 is 0 Å². The van der Waals surface area contributed by atoms with Crippen LogP contribution in [-0.2, 0) is 16.1 Å². The van der Waals surface area contributed by atoms with Gasteiger partial charge in [0.1, 0.15) is 5.82 Å². The summed E-state index contributed by atoms with van der Waals surface area (Å²) in [5.74, 6) is -2.14. The zero-order chi connectivity index (χ0) is 21.3. The Kier molecular flexibility index (Phi) is 7.13. The molecule has 30 heavy (non-hydrogen) atoms. The number of amides is 2. The molecule has 3 aromatic rings. The standard InChI is InChI=1S/C22H18ClFN4O2/c23-17-10-11-19(27-20-9-5-4-8-18(20)24)16(12-17)14-26-28-22(30)21(29)25-13-15-6-2-1-3-7-15/h1-12,14,27H,13H2,(H,25,29)(H,28,30)/b26-14-. The van der Waals surface area contributed by atoms with E-state index < -0.39 is 17.6 Å². The molecule has 0 aliphatic carbocycles. The van der Waals surface area contributed by atoms with Crippen molar-refractivity contribution in [3.8, 4) is 0 Å². The summed E-state index contributed by atoms with van der Waals surface area (Å²) in [5, 5.41) is 9.70. The first-order chi connectivity index (χ1) is 14.5. The van der Waals surface area contributed by atoms with Crippen LogP contribution in [0.2, 0.25) is 5.02 Å². The van der Waals surface area contributed by atoms with Crippen molar-refractivity contribution in [2.24, 2.45) is 5.10 Å². The summed E-state index contributed by atoms with van der Waals surface area (Å²) in [6.07, 6.45) is 1.32. The fraction of sp³-hybridized carbons (Fsp3) is 0.0455. The third-order valence-electron chi connectivity index (χ3n) is 4.03. The van der Waals surface area contributed by atoms with Gasteiger partial charge >= 0.3 is 11.8 Å². The molecule has 0 unspecified atom stereocenters. The van der Waals surface area contributed by atoms with Gasteiger partial charge < -0.3 is 10.6 Å². The van der Waals surface area contributed by atoms with E-state index in [4.69, 9.17) is 11.6 Å². The number of nitrogens with zero attached hydrogens (tertiary/aromatic N) is 1. The number of halogens is 2. The first-order valence-corrected chi connectivity index (χ1v) is 9.37. The maximum absolute atomic E-state index is 13.9. The molecule has 0 saturated carbocycles. The van der Waals surface area contributed by atoms with Crippen molar-refractivity contribution in [3.05, 3.63) is 94.8 Å². The van der Waals surface area contributed by atoms with E-state index in [1.54, 1.807) is 36.4 Å². The largest absolute Gasteiger partial charge is 0.353 e. The van der Waals surface area contributed by atoms with Crippen molar-refractivity contribution in [2.45, 2.75) is 6.54 Å². The number of rotatable bonds is 6. The molecule has 0 spiro atoms. The highest BCUT2D eigenvalue weighted by atomic mass is 35.5. The molecule has 3 aromatic carbocycles. The fourth-order valence-corrected chi connectivity index (χ4v) is 2.71. The van der Waals surface area contributed by atoms with Crippen LogP contribution in [0.3, 0.4) is 0 Å². The summed E-state index contributed by atoms with van der Waals surface area (Å²) >= 11 is 6.03.